The largest absolute Gasteiger partial charge is 0.488 e. The van der Waals surface area contributed by atoms with Crippen LogP contribution < -0.4 is 4.74 Å². The number of halogens is 2. The first-order valence-corrected chi connectivity index (χ1v) is 7.62. The van der Waals surface area contributed by atoms with Gasteiger partial charge in [-0.25, -0.2) is 4.98 Å². The highest BCUT2D eigenvalue weighted by Crippen LogP contribution is 2.25. The average molecular weight is 355 g/mol. The molecule has 0 fully saturated rings. The Labute approximate surface area is 128 Å². The number of rotatable bonds is 3. The van der Waals surface area contributed by atoms with E-state index >= 15 is 0 Å². The summed E-state index contributed by atoms with van der Waals surface area (Å²) >= 11 is 10.7. The van der Waals surface area contributed by atoms with E-state index in [9.17, 15) is 0 Å². The molecule has 0 atom stereocenters. The molecule has 5 heteroatoms. The molecule has 0 saturated heterocycles. The van der Waals surface area contributed by atoms with Gasteiger partial charge in [-0.3, -0.25) is 0 Å². The second kappa shape index (κ2) is 5.49. The molecule has 0 aliphatic rings. The highest BCUT2D eigenvalue weighted by molar-refractivity contribution is 9.10. The topological polar surface area (TPSA) is 22.1 Å². The minimum Gasteiger partial charge on any atom is -0.488 e. The van der Waals surface area contributed by atoms with E-state index in [0.717, 1.165) is 20.5 Å². The Morgan fingerprint density at radius 1 is 1.16 bits per heavy atom. The van der Waals surface area contributed by atoms with Crippen LogP contribution in [0.25, 0.3) is 10.8 Å². The Kier molecular flexibility index (Phi) is 3.73. The van der Waals surface area contributed by atoms with Crippen molar-refractivity contribution in [2.75, 3.05) is 0 Å². The molecule has 1 heterocycles. The van der Waals surface area contributed by atoms with Gasteiger partial charge in [0, 0.05) is 10.7 Å². The fraction of sp³-hybridized carbons (Fsp3) is 0.0714. The van der Waals surface area contributed by atoms with Gasteiger partial charge in [-0.15, -0.1) is 11.3 Å². The molecule has 19 heavy (non-hydrogen) atoms. The van der Waals surface area contributed by atoms with Gasteiger partial charge in [0.25, 0.3) is 0 Å². The fourth-order valence-electron chi connectivity index (χ4n) is 1.79. The second-order valence-corrected chi connectivity index (χ2v) is 6.63. The van der Waals surface area contributed by atoms with Crippen LogP contribution in [0.2, 0.25) is 4.47 Å². The molecule has 0 aliphatic heterocycles. The number of benzene rings is 2. The van der Waals surface area contributed by atoms with Crippen molar-refractivity contribution in [2.24, 2.45) is 0 Å². The van der Waals surface area contributed by atoms with Crippen molar-refractivity contribution in [1.82, 2.24) is 4.98 Å². The summed E-state index contributed by atoms with van der Waals surface area (Å²) in [5.41, 5.74) is 0. The number of nitrogens with zero attached hydrogens (tertiary/aromatic N) is 1. The predicted octanol–water partition coefficient (Wildman–Crippen LogP) is 5.29. The molecule has 0 spiro atoms. The monoisotopic (exact) mass is 353 g/mol. The lowest BCUT2D eigenvalue weighted by Crippen LogP contribution is -1.92. The Hall–Kier alpha value is -1.10. The fourth-order valence-corrected chi connectivity index (χ4v) is 3.06. The summed E-state index contributed by atoms with van der Waals surface area (Å²) in [4.78, 5) is 5.00. The van der Waals surface area contributed by atoms with E-state index in [-0.39, 0.29) is 0 Å². The van der Waals surface area contributed by atoms with Gasteiger partial charge in [-0.2, -0.15) is 0 Å². The standard InChI is InChI=1S/C14H9BrClNOS/c15-11-3-1-10-6-12(4-2-9(10)5-11)18-8-13-7-17-14(16)19-13/h1-7H,8H2. The molecule has 2 aromatic carbocycles. The highest BCUT2D eigenvalue weighted by Gasteiger charge is 2.02. The molecule has 0 amide bonds. The van der Waals surface area contributed by atoms with Gasteiger partial charge in [0.15, 0.2) is 4.47 Å². The SMILES string of the molecule is Clc1ncc(COc2ccc3cc(Br)ccc3c2)s1. The van der Waals surface area contributed by atoms with Crippen molar-refractivity contribution in [2.45, 2.75) is 6.61 Å². The molecule has 3 aromatic rings. The van der Waals surface area contributed by atoms with E-state index < -0.39 is 0 Å². The summed E-state index contributed by atoms with van der Waals surface area (Å²) in [7, 11) is 0. The van der Waals surface area contributed by atoms with Crippen LogP contribution in [0.4, 0.5) is 0 Å². The van der Waals surface area contributed by atoms with Crippen LogP contribution >= 0.6 is 38.9 Å². The molecule has 3 rings (SSSR count). The zero-order chi connectivity index (χ0) is 13.2. The Bertz CT molecular complexity index is 728. The van der Waals surface area contributed by atoms with E-state index in [1.807, 2.05) is 18.2 Å². The molecule has 0 N–H and O–H groups in total. The summed E-state index contributed by atoms with van der Waals surface area (Å²) in [6.45, 7) is 0.492. The Balaban J connectivity index is 1.79. The minimum atomic E-state index is 0.492. The van der Waals surface area contributed by atoms with Crippen molar-refractivity contribution < 1.29 is 4.74 Å². The van der Waals surface area contributed by atoms with Gasteiger partial charge < -0.3 is 4.74 Å². The summed E-state index contributed by atoms with van der Waals surface area (Å²) < 4.78 is 7.36. The maximum atomic E-state index is 5.78. The zero-order valence-corrected chi connectivity index (χ0v) is 12.9. The van der Waals surface area contributed by atoms with Crippen LogP contribution in [-0.4, -0.2) is 4.98 Å². The molecule has 0 saturated carbocycles. The van der Waals surface area contributed by atoms with E-state index in [4.69, 9.17) is 16.3 Å². The summed E-state index contributed by atoms with van der Waals surface area (Å²) in [5.74, 6) is 0.847. The van der Waals surface area contributed by atoms with Gasteiger partial charge in [0.2, 0.25) is 0 Å². The van der Waals surface area contributed by atoms with E-state index in [1.54, 1.807) is 6.20 Å². The van der Waals surface area contributed by atoms with Gasteiger partial charge in [0.05, 0.1) is 4.88 Å². The lowest BCUT2D eigenvalue weighted by Gasteiger charge is -2.06. The molecule has 0 radical (unpaired) electrons. The van der Waals surface area contributed by atoms with Gasteiger partial charge in [-0.05, 0) is 35.0 Å². The molecule has 0 bridgehead atoms. The quantitative estimate of drug-likeness (QED) is 0.637. The number of aromatic nitrogens is 1. The van der Waals surface area contributed by atoms with Crippen LogP contribution in [0.5, 0.6) is 5.75 Å². The van der Waals surface area contributed by atoms with Crippen LogP contribution in [0.3, 0.4) is 0 Å². The molecular weight excluding hydrogens is 346 g/mol. The van der Waals surface area contributed by atoms with Crippen molar-refractivity contribution in [3.05, 3.63) is 56.4 Å². The van der Waals surface area contributed by atoms with E-state index in [0.29, 0.717) is 11.1 Å². The number of hydrogen-bond donors (Lipinski definition) is 0. The Morgan fingerprint density at radius 2 is 1.95 bits per heavy atom. The van der Waals surface area contributed by atoms with E-state index in [1.165, 1.54) is 16.7 Å². The van der Waals surface area contributed by atoms with Crippen LogP contribution in [-0.2, 0) is 6.61 Å². The van der Waals surface area contributed by atoms with Gasteiger partial charge in [-0.1, -0.05) is 39.7 Å². The predicted molar refractivity (Wildman–Crippen MR) is 83.1 cm³/mol. The maximum absolute atomic E-state index is 5.78. The highest BCUT2D eigenvalue weighted by atomic mass is 79.9. The number of thiazole rings is 1. The normalized spacial score (nSPS) is 10.8. The van der Waals surface area contributed by atoms with Crippen LogP contribution in [0.15, 0.2) is 47.1 Å². The first-order valence-electron chi connectivity index (χ1n) is 5.63. The van der Waals surface area contributed by atoms with Crippen molar-refractivity contribution in [3.8, 4) is 5.75 Å². The number of hydrogen-bond acceptors (Lipinski definition) is 3. The first kappa shape index (κ1) is 12.9. The van der Waals surface area contributed by atoms with Gasteiger partial charge in [0.1, 0.15) is 12.4 Å². The molecule has 0 aliphatic carbocycles. The lowest BCUT2D eigenvalue weighted by atomic mass is 10.1. The van der Waals surface area contributed by atoms with Gasteiger partial charge >= 0.3 is 0 Å². The van der Waals surface area contributed by atoms with Crippen LogP contribution in [0.1, 0.15) is 4.88 Å². The number of ether oxygens (including phenoxy) is 1. The molecule has 2 nitrogen and oxygen atoms in total. The summed E-state index contributed by atoms with van der Waals surface area (Å²) in [6, 6.07) is 12.2. The lowest BCUT2D eigenvalue weighted by molar-refractivity contribution is 0.310. The number of fused-ring (bicyclic) bond motifs is 1. The third-order valence-corrected chi connectivity index (χ3v) is 4.26. The molecule has 0 unspecified atom stereocenters. The summed E-state index contributed by atoms with van der Waals surface area (Å²) in [6.07, 6.45) is 1.74. The van der Waals surface area contributed by atoms with Crippen LogP contribution in [0, 0.1) is 0 Å². The summed E-state index contributed by atoms with van der Waals surface area (Å²) in [5, 5.41) is 2.34. The third-order valence-electron chi connectivity index (χ3n) is 2.68. The molecule has 96 valence electrons. The van der Waals surface area contributed by atoms with Crippen molar-refractivity contribution in [3.63, 3.8) is 0 Å². The second-order valence-electron chi connectivity index (χ2n) is 4.02. The Morgan fingerprint density at radius 3 is 2.74 bits per heavy atom. The third kappa shape index (κ3) is 3.08. The first-order chi connectivity index (χ1) is 9.20. The van der Waals surface area contributed by atoms with E-state index in [2.05, 4.69) is 39.1 Å². The average Bonchev–Trinajstić information content (AvgIpc) is 2.82. The molecule has 1 aromatic heterocycles. The van der Waals surface area contributed by atoms with Crippen molar-refractivity contribution in [1.29, 1.82) is 0 Å². The smallest absolute Gasteiger partial charge is 0.183 e. The minimum absolute atomic E-state index is 0.492. The molecular formula is C14H9BrClNOS. The van der Waals surface area contributed by atoms with Crippen molar-refractivity contribution >= 4 is 49.6 Å². The maximum Gasteiger partial charge on any atom is 0.183 e. The zero-order valence-electron chi connectivity index (χ0n) is 9.77.